The first-order chi connectivity index (χ1) is 12.7. The van der Waals surface area contributed by atoms with Crippen LogP contribution in [0.3, 0.4) is 0 Å². The first-order valence-corrected chi connectivity index (χ1v) is 9.26. The molecule has 0 saturated carbocycles. The minimum atomic E-state index is -0.264. The summed E-state index contributed by atoms with van der Waals surface area (Å²) in [6, 6.07) is 16.3. The number of hydrogen-bond acceptors (Lipinski definition) is 5. The lowest BCUT2D eigenvalue weighted by atomic mass is 10.1. The molecule has 1 heterocycles. The molecule has 0 fully saturated rings. The Morgan fingerprint density at radius 1 is 1.12 bits per heavy atom. The zero-order valence-corrected chi connectivity index (χ0v) is 15.3. The molecule has 0 aliphatic carbocycles. The number of thiazole rings is 1. The average Bonchev–Trinajstić information content (AvgIpc) is 3.06. The van der Waals surface area contributed by atoms with E-state index in [0.717, 1.165) is 26.4 Å². The van der Waals surface area contributed by atoms with E-state index in [1.54, 1.807) is 0 Å². The lowest BCUT2D eigenvalue weighted by Crippen LogP contribution is -2.26. The van der Waals surface area contributed by atoms with Crippen LogP contribution in [0.15, 0.2) is 48.5 Å². The highest BCUT2D eigenvalue weighted by molar-refractivity contribution is 7.18. The fourth-order valence-electron chi connectivity index (χ4n) is 2.62. The number of hydrogen-bond donors (Lipinski definition) is 1. The molecule has 1 aromatic heterocycles. The van der Waals surface area contributed by atoms with Crippen LogP contribution in [0.4, 0.5) is 0 Å². The van der Waals surface area contributed by atoms with Crippen LogP contribution in [0.25, 0.3) is 21.3 Å². The number of aromatic nitrogens is 1. The van der Waals surface area contributed by atoms with Gasteiger partial charge in [-0.05, 0) is 29.7 Å². The lowest BCUT2D eigenvalue weighted by Gasteiger charge is -2.03. The minimum absolute atomic E-state index is 0.0859. The molecule has 1 N–H and O–H groups in total. The number of esters is 1. The molecular formula is C20H20N2O3S. The topological polar surface area (TPSA) is 68.3 Å². The van der Waals surface area contributed by atoms with E-state index in [1.165, 1.54) is 18.4 Å². The summed E-state index contributed by atoms with van der Waals surface area (Å²) in [5.74, 6) is -0.350. The number of methoxy groups -OCH3 is 1. The molecule has 26 heavy (non-hydrogen) atoms. The van der Waals surface area contributed by atoms with E-state index in [-0.39, 0.29) is 18.3 Å². The largest absolute Gasteiger partial charge is 0.469 e. The van der Waals surface area contributed by atoms with Crippen molar-refractivity contribution >= 4 is 33.4 Å². The van der Waals surface area contributed by atoms with E-state index < -0.39 is 0 Å². The highest BCUT2D eigenvalue weighted by Gasteiger charge is 2.10. The molecule has 0 atom stereocenters. The molecule has 2 aromatic carbocycles. The van der Waals surface area contributed by atoms with E-state index in [0.29, 0.717) is 19.4 Å². The summed E-state index contributed by atoms with van der Waals surface area (Å²) in [7, 11) is 1.36. The van der Waals surface area contributed by atoms with E-state index in [4.69, 9.17) is 0 Å². The number of benzene rings is 2. The third-order valence-corrected chi connectivity index (χ3v) is 4.98. The second-order valence-corrected chi connectivity index (χ2v) is 6.98. The van der Waals surface area contributed by atoms with Crippen LogP contribution >= 0.6 is 11.3 Å². The first kappa shape index (κ1) is 18.1. The van der Waals surface area contributed by atoms with Crippen molar-refractivity contribution < 1.29 is 14.3 Å². The summed E-state index contributed by atoms with van der Waals surface area (Å²) >= 11 is 1.54. The van der Waals surface area contributed by atoms with Crippen molar-refractivity contribution in [2.45, 2.75) is 19.3 Å². The highest BCUT2D eigenvalue weighted by atomic mass is 32.1. The quantitative estimate of drug-likeness (QED) is 0.511. The Morgan fingerprint density at radius 2 is 1.92 bits per heavy atom. The lowest BCUT2D eigenvalue weighted by molar-refractivity contribution is -0.140. The molecule has 0 unspecified atom stereocenters. The number of rotatable bonds is 7. The Morgan fingerprint density at radius 3 is 2.69 bits per heavy atom. The van der Waals surface area contributed by atoms with E-state index in [2.05, 4.69) is 33.2 Å². The van der Waals surface area contributed by atoms with E-state index in [9.17, 15) is 9.59 Å². The van der Waals surface area contributed by atoms with Crippen LogP contribution in [-0.4, -0.2) is 30.5 Å². The van der Waals surface area contributed by atoms with Crippen molar-refractivity contribution in [3.63, 3.8) is 0 Å². The molecule has 3 rings (SSSR count). The van der Waals surface area contributed by atoms with E-state index in [1.807, 2.05) is 30.3 Å². The fourth-order valence-corrected chi connectivity index (χ4v) is 3.63. The Hall–Kier alpha value is -2.73. The SMILES string of the molecule is COC(=O)CCCNC(=O)Cc1nc2ccc(-c3ccccc3)cc2s1. The summed E-state index contributed by atoms with van der Waals surface area (Å²) in [5.41, 5.74) is 3.21. The molecule has 0 saturated heterocycles. The van der Waals surface area contributed by atoms with Gasteiger partial charge in [0.05, 0.1) is 23.7 Å². The first-order valence-electron chi connectivity index (χ1n) is 8.44. The Balaban J connectivity index is 1.60. The summed E-state index contributed by atoms with van der Waals surface area (Å²) in [6.07, 6.45) is 1.12. The maximum Gasteiger partial charge on any atom is 0.305 e. The van der Waals surface area contributed by atoms with Crippen molar-refractivity contribution in [3.8, 4) is 11.1 Å². The van der Waals surface area contributed by atoms with Gasteiger partial charge >= 0.3 is 5.97 Å². The summed E-state index contributed by atoms with van der Waals surface area (Å²) < 4.78 is 5.64. The Kier molecular flexibility index (Phi) is 5.96. The third-order valence-electron chi connectivity index (χ3n) is 3.96. The molecule has 134 valence electrons. The van der Waals surface area contributed by atoms with Gasteiger partial charge in [-0.2, -0.15) is 0 Å². The van der Waals surface area contributed by atoms with Gasteiger partial charge in [0.15, 0.2) is 0 Å². The molecule has 0 radical (unpaired) electrons. The van der Waals surface area contributed by atoms with Gasteiger partial charge in [0.25, 0.3) is 0 Å². The van der Waals surface area contributed by atoms with Gasteiger partial charge in [-0.3, -0.25) is 9.59 Å². The van der Waals surface area contributed by atoms with Crippen LogP contribution in [0.1, 0.15) is 17.8 Å². The molecule has 0 aliphatic heterocycles. The van der Waals surface area contributed by atoms with Gasteiger partial charge in [0, 0.05) is 13.0 Å². The molecule has 0 aliphatic rings. The molecule has 1 amide bonds. The summed E-state index contributed by atoms with van der Waals surface area (Å²) in [6.45, 7) is 0.455. The zero-order chi connectivity index (χ0) is 18.4. The number of carbonyl (C=O) groups is 2. The van der Waals surface area contributed by atoms with Gasteiger partial charge in [0.2, 0.25) is 5.91 Å². The van der Waals surface area contributed by atoms with Crippen LogP contribution in [-0.2, 0) is 20.7 Å². The fraction of sp³-hybridized carbons (Fsp3) is 0.250. The van der Waals surface area contributed by atoms with Gasteiger partial charge < -0.3 is 10.1 Å². The molecule has 0 spiro atoms. The maximum absolute atomic E-state index is 12.0. The monoisotopic (exact) mass is 368 g/mol. The normalized spacial score (nSPS) is 10.7. The van der Waals surface area contributed by atoms with Gasteiger partial charge in [-0.25, -0.2) is 4.98 Å². The van der Waals surface area contributed by atoms with Crippen molar-refractivity contribution in [1.82, 2.24) is 10.3 Å². The Labute approximate surface area is 156 Å². The summed E-state index contributed by atoms with van der Waals surface area (Å²) in [4.78, 5) is 27.6. The number of nitrogens with zero attached hydrogens (tertiary/aromatic N) is 1. The third kappa shape index (κ3) is 4.67. The van der Waals surface area contributed by atoms with Crippen molar-refractivity contribution in [2.24, 2.45) is 0 Å². The summed E-state index contributed by atoms with van der Waals surface area (Å²) in [5, 5.41) is 3.60. The van der Waals surface area contributed by atoms with Gasteiger partial charge in [-0.15, -0.1) is 11.3 Å². The molecule has 0 bridgehead atoms. The predicted molar refractivity (Wildman–Crippen MR) is 103 cm³/mol. The molecule has 3 aromatic rings. The van der Waals surface area contributed by atoms with Crippen molar-refractivity contribution in [1.29, 1.82) is 0 Å². The van der Waals surface area contributed by atoms with Crippen molar-refractivity contribution in [3.05, 3.63) is 53.5 Å². The minimum Gasteiger partial charge on any atom is -0.469 e. The number of nitrogens with one attached hydrogen (secondary N) is 1. The number of fused-ring (bicyclic) bond motifs is 1. The van der Waals surface area contributed by atoms with Crippen LogP contribution in [0, 0.1) is 0 Å². The van der Waals surface area contributed by atoms with Gasteiger partial charge in [-0.1, -0.05) is 36.4 Å². The van der Waals surface area contributed by atoms with Gasteiger partial charge in [0.1, 0.15) is 5.01 Å². The van der Waals surface area contributed by atoms with Crippen LogP contribution < -0.4 is 5.32 Å². The smallest absolute Gasteiger partial charge is 0.305 e. The van der Waals surface area contributed by atoms with Crippen LogP contribution in [0.5, 0.6) is 0 Å². The molecule has 6 heteroatoms. The number of ether oxygens (including phenoxy) is 1. The Bertz CT molecular complexity index is 906. The number of carbonyl (C=O) groups excluding carboxylic acids is 2. The van der Waals surface area contributed by atoms with Crippen molar-refractivity contribution in [2.75, 3.05) is 13.7 Å². The maximum atomic E-state index is 12.0. The average molecular weight is 368 g/mol. The zero-order valence-electron chi connectivity index (χ0n) is 14.5. The van der Waals surface area contributed by atoms with Crippen LogP contribution in [0.2, 0.25) is 0 Å². The number of amides is 1. The standard InChI is InChI=1S/C20H20N2O3S/c1-25-20(24)8-5-11-21-18(23)13-19-22-16-10-9-15(12-17(16)26-19)14-6-3-2-4-7-14/h2-4,6-7,9-10,12H,5,8,11,13H2,1H3,(H,21,23). The van der Waals surface area contributed by atoms with E-state index >= 15 is 0 Å². The highest BCUT2D eigenvalue weighted by Crippen LogP contribution is 2.28. The predicted octanol–water partition coefficient (Wildman–Crippen LogP) is 3.58. The molecule has 5 nitrogen and oxygen atoms in total. The second kappa shape index (κ2) is 8.58. The second-order valence-electron chi connectivity index (χ2n) is 5.86. The molecular weight excluding hydrogens is 348 g/mol.